The van der Waals surface area contributed by atoms with Gasteiger partial charge in [0.05, 0.1) is 11.5 Å². The van der Waals surface area contributed by atoms with E-state index in [9.17, 15) is 8.42 Å². The maximum atomic E-state index is 11.5. The fourth-order valence-electron chi connectivity index (χ4n) is 1.13. The molecule has 0 rings (SSSR count). The van der Waals surface area contributed by atoms with E-state index in [1.54, 1.807) is 0 Å². The quantitative estimate of drug-likeness (QED) is 0.527. The van der Waals surface area contributed by atoms with Crippen LogP contribution in [0.2, 0.25) is 0 Å². The van der Waals surface area contributed by atoms with Crippen molar-refractivity contribution in [1.29, 1.82) is 0 Å². The zero-order chi connectivity index (χ0) is 10.3. The number of halogens is 1. The van der Waals surface area contributed by atoms with E-state index in [-0.39, 0.29) is 5.92 Å². The fourth-order valence-corrected chi connectivity index (χ4v) is 3.46. The van der Waals surface area contributed by atoms with E-state index in [1.165, 1.54) is 0 Å². The van der Waals surface area contributed by atoms with Crippen LogP contribution < -0.4 is 0 Å². The lowest BCUT2D eigenvalue weighted by molar-refractivity contribution is 0.579. The van der Waals surface area contributed by atoms with Gasteiger partial charge in [-0.1, -0.05) is 42.6 Å². The van der Waals surface area contributed by atoms with Crippen molar-refractivity contribution < 1.29 is 8.42 Å². The Morgan fingerprint density at radius 3 is 2.38 bits per heavy atom. The van der Waals surface area contributed by atoms with Gasteiger partial charge in [0.15, 0.2) is 9.84 Å². The first-order chi connectivity index (χ1) is 6.02. The van der Waals surface area contributed by atoms with E-state index in [2.05, 4.69) is 22.9 Å². The summed E-state index contributed by atoms with van der Waals surface area (Å²) >= 11 is 3.28. The predicted octanol–water partition coefficient (Wildman–Crippen LogP) is 2.62. The minimum Gasteiger partial charge on any atom is -0.229 e. The van der Waals surface area contributed by atoms with E-state index in [0.29, 0.717) is 11.5 Å². The summed E-state index contributed by atoms with van der Waals surface area (Å²) in [7, 11) is -2.80. The lowest BCUT2D eigenvalue weighted by Crippen LogP contribution is -2.17. The van der Waals surface area contributed by atoms with Crippen LogP contribution in [0.25, 0.3) is 0 Å². The molecule has 13 heavy (non-hydrogen) atoms. The first kappa shape index (κ1) is 13.4. The molecule has 0 aromatic rings. The Labute approximate surface area is 90.2 Å². The largest absolute Gasteiger partial charge is 0.229 e. The highest BCUT2D eigenvalue weighted by atomic mass is 79.9. The normalized spacial score (nSPS) is 14.4. The number of hydrogen-bond donors (Lipinski definition) is 0. The first-order valence-corrected chi connectivity index (χ1v) is 7.72. The molecule has 2 nitrogen and oxygen atoms in total. The smallest absolute Gasteiger partial charge is 0.150 e. The predicted molar refractivity (Wildman–Crippen MR) is 61.1 cm³/mol. The highest BCUT2D eigenvalue weighted by molar-refractivity contribution is 9.09. The molecular formula is C9H19BrO2S. The van der Waals surface area contributed by atoms with Crippen LogP contribution in [0.1, 0.15) is 33.1 Å². The second-order valence-electron chi connectivity index (χ2n) is 3.58. The average molecular weight is 271 g/mol. The van der Waals surface area contributed by atoms with Crippen molar-refractivity contribution in [1.82, 2.24) is 0 Å². The second-order valence-corrected chi connectivity index (χ2v) is 6.46. The van der Waals surface area contributed by atoms with Crippen molar-refractivity contribution >= 4 is 25.8 Å². The van der Waals surface area contributed by atoms with Crippen LogP contribution >= 0.6 is 15.9 Å². The van der Waals surface area contributed by atoms with E-state index in [1.807, 2.05) is 6.92 Å². The molecule has 0 aliphatic carbocycles. The molecule has 4 heteroatoms. The highest BCUT2D eigenvalue weighted by Crippen LogP contribution is 2.07. The van der Waals surface area contributed by atoms with Gasteiger partial charge in [0, 0.05) is 5.33 Å². The monoisotopic (exact) mass is 270 g/mol. The summed E-state index contributed by atoms with van der Waals surface area (Å²) in [6.07, 6.45) is 2.90. The van der Waals surface area contributed by atoms with Crippen LogP contribution in [0.3, 0.4) is 0 Å². The molecule has 0 saturated heterocycles. The molecule has 0 amide bonds. The lowest BCUT2D eigenvalue weighted by atomic mass is 10.3. The minimum absolute atomic E-state index is 0.228. The standard InChI is InChI=1S/C9H19BrO2S/c1-3-4-5-6-13(11,12)8-9(2)7-10/h9H,3-8H2,1-2H3. The van der Waals surface area contributed by atoms with Crippen LogP contribution in [-0.2, 0) is 9.84 Å². The third kappa shape index (κ3) is 7.50. The van der Waals surface area contributed by atoms with Gasteiger partial charge in [-0.05, 0) is 12.3 Å². The van der Waals surface area contributed by atoms with Gasteiger partial charge in [0.25, 0.3) is 0 Å². The number of unbranched alkanes of at least 4 members (excludes halogenated alkanes) is 2. The fraction of sp³-hybridized carbons (Fsp3) is 1.00. The van der Waals surface area contributed by atoms with Crippen LogP contribution in [-0.4, -0.2) is 25.3 Å². The van der Waals surface area contributed by atoms with Gasteiger partial charge in [-0.2, -0.15) is 0 Å². The lowest BCUT2D eigenvalue weighted by Gasteiger charge is -2.08. The number of hydrogen-bond acceptors (Lipinski definition) is 2. The molecule has 80 valence electrons. The summed E-state index contributed by atoms with van der Waals surface area (Å²) in [5.74, 6) is 0.909. The third-order valence-electron chi connectivity index (χ3n) is 1.86. The summed E-state index contributed by atoms with van der Waals surface area (Å²) in [4.78, 5) is 0. The zero-order valence-corrected chi connectivity index (χ0v) is 10.8. The van der Waals surface area contributed by atoms with Crippen molar-refractivity contribution in [2.75, 3.05) is 16.8 Å². The summed E-state index contributed by atoms with van der Waals surface area (Å²) in [5.41, 5.74) is 0. The van der Waals surface area contributed by atoms with Gasteiger partial charge in [-0.3, -0.25) is 0 Å². The molecule has 1 unspecified atom stereocenters. The van der Waals surface area contributed by atoms with Crippen molar-refractivity contribution in [2.24, 2.45) is 5.92 Å². The number of sulfone groups is 1. The van der Waals surface area contributed by atoms with E-state index < -0.39 is 9.84 Å². The van der Waals surface area contributed by atoms with Crippen LogP contribution in [0.15, 0.2) is 0 Å². The molecule has 0 bridgehead atoms. The zero-order valence-electron chi connectivity index (χ0n) is 8.42. The maximum Gasteiger partial charge on any atom is 0.150 e. The van der Waals surface area contributed by atoms with Gasteiger partial charge >= 0.3 is 0 Å². The van der Waals surface area contributed by atoms with Crippen LogP contribution in [0.5, 0.6) is 0 Å². The molecule has 0 spiro atoms. The average Bonchev–Trinajstić information content (AvgIpc) is 2.03. The Hall–Kier alpha value is 0.430. The highest BCUT2D eigenvalue weighted by Gasteiger charge is 2.14. The molecular weight excluding hydrogens is 252 g/mol. The van der Waals surface area contributed by atoms with Gasteiger partial charge in [0.2, 0.25) is 0 Å². The molecule has 0 aromatic heterocycles. The van der Waals surface area contributed by atoms with Gasteiger partial charge in [-0.25, -0.2) is 8.42 Å². The van der Waals surface area contributed by atoms with Gasteiger partial charge in [-0.15, -0.1) is 0 Å². The molecule has 0 fully saturated rings. The molecule has 0 aromatic carbocycles. The topological polar surface area (TPSA) is 34.1 Å². The summed E-state index contributed by atoms with van der Waals surface area (Å²) in [5, 5.41) is 0.764. The van der Waals surface area contributed by atoms with E-state index in [4.69, 9.17) is 0 Å². The van der Waals surface area contributed by atoms with Gasteiger partial charge in [0.1, 0.15) is 0 Å². The molecule has 0 aliphatic rings. The van der Waals surface area contributed by atoms with Crippen LogP contribution in [0.4, 0.5) is 0 Å². The van der Waals surface area contributed by atoms with E-state index in [0.717, 1.165) is 24.6 Å². The molecule has 0 radical (unpaired) electrons. The summed E-state index contributed by atoms with van der Waals surface area (Å²) in [6.45, 7) is 4.03. The number of alkyl halides is 1. The Morgan fingerprint density at radius 1 is 1.31 bits per heavy atom. The third-order valence-corrected chi connectivity index (χ3v) is 4.95. The van der Waals surface area contributed by atoms with Crippen molar-refractivity contribution in [2.45, 2.75) is 33.1 Å². The van der Waals surface area contributed by atoms with Crippen LogP contribution in [0, 0.1) is 5.92 Å². The molecule has 0 aliphatic heterocycles. The van der Waals surface area contributed by atoms with Gasteiger partial charge < -0.3 is 0 Å². The summed E-state index contributed by atoms with van der Waals surface area (Å²) in [6, 6.07) is 0. The molecule has 0 N–H and O–H groups in total. The first-order valence-electron chi connectivity index (χ1n) is 4.78. The van der Waals surface area contributed by atoms with E-state index >= 15 is 0 Å². The number of rotatable bonds is 7. The maximum absolute atomic E-state index is 11.5. The molecule has 0 heterocycles. The Balaban J connectivity index is 3.81. The van der Waals surface area contributed by atoms with Crippen molar-refractivity contribution in [3.63, 3.8) is 0 Å². The minimum atomic E-state index is -2.80. The van der Waals surface area contributed by atoms with Crippen molar-refractivity contribution in [3.8, 4) is 0 Å². The van der Waals surface area contributed by atoms with Crippen molar-refractivity contribution in [3.05, 3.63) is 0 Å². The molecule has 0 saturated carbocycles. The Morgan fingerprint density at radius 2 is 1.92 bits per heavy atom. The SMILES string of the molecule is CCCCCS(=O)(=O)CC(C)CBr. The Kier molecular flexibility index (Phi) is 7.05. The Bertz CT molecular complexity index is 212. The summed E-state index contributed by atoms with van der Waals surface area (Å²) < 4.78 is 22.9. The molecule has 1 atom stereocenters. The second kappa shape index (κ2) is 6.82.